The van der Waals surface area contributed by atoms with E-state index in [0.717, 1.165) is 60.6 Å². The molecule has 0 bridgehead atoms. The maximum Gasteiger partial charge on any atom is 0.227 e. The molecule has 0 atom stereocenters. The first-order valence-electron chi connectivity index (χ1n) is 10.6. The molecule has 1 amide bonds. The quantitative estimate of drug-likeness (QED) is 0.631. The van der Waals surface area contributed by atoms with Gasteiger partial charge in [-0.1, -0.05) is 36.4 Å². The van der Waals surface area contributed by atoms with Gasteiger partial charge in [-0.15, -0.1) is 0 Å². The Hall–Kier alpha value is -2.92. The number of aryl methyl sites for hydroxylation is 2. The fourth-order valence-electron chi connectivity index (χ4n) is 4.12. The summed E-state index contributed by atoms with van der Waals surface area (Å²) in [4.78, 5) is 22.0. The van der Waals surface area contributed by atoms with E-state index in [1.165, 1.54) is 5.56 Å². The molecule has 1 aromatic heterocycles. The molecule has 5 heteroatoms. The minimum absolute atomic E-state index is 0.193. The highest BCUT2D eigenvalue weighted by Crippen LogP contribution is 2.23. The number of rotatable bonds is 6. The topological polar surface area (TPSA) is 45.7 Å². The number of carbonyl (C=O) groups excluding carboxylic acids is 1. The highest BCUT2D eigenvalue weighted by Gasteiger charge is 2.22. The maximum absolute atomic E-state index is 13.0. The third-order valence-corrected chi connectivity index (χ3v) is 5.96. The summed E-state index contributed by atoms with van der Waals surface area (Å²) in [6.45, 7) is 8.96. The van der Waals surface area contributed by atoms with Crippen LogP contribution in [0.2, 0.25) is 0 Å². The van der Waals surface area contributed by atoms with Gasteiger partial charge in [0.1, 0.15) is 12.4 Å². The Kier molecular flexibility index (Phi) is 6.29. The van der Waals surface area contributed by atoms with E-state index in [1.54, 1.807) is 0 Å². The van der Waals surface area contributed by atoms with Crippen molar-refractivity contribution in [3.05, 3.63) is 71.4 Å². The number of benzene rings is 2. The zero-order valence-electron chi connectivity index (χ0n) is 17.8. The average Bonchev–Trinajstić information content (AvgIpc) is 2.78. The second-order valence-corrected chi connectivity index (χ2v) is 7.88. The minimum atomic E-state index is 0.193. The lowest BCUT2D eigenvalue weighted by atomic mass is 9.99. The third kappa shape index (κ3) is 4.62. The Morgan fingerprint density at radius 2 is 1.67 bits per heavy atom. The van der Waals surface area contributed by atoms with Gasteiger partial charge in [0.2, 0.25) is 5.91 Å². The second-order valence-electron chi connectivity index (χ2n) is 7.88. The van der Waals surface area contributed by atoms with Gasteiger partial charge < -0.3 is 9.64 Å². The van der Waals surface area contributed by atoms with Crippen LogP contribution in [0.5, 0.6) is 5.75 Å². The van der Waals surface area contributed by atoms with E-state index in [2.05, 4.69) is 17.9 Å². The van der Waals surface area contributed by atoms with Crippen LogP contribution in [-0.2, 0) is 11.2 Å². The molecular weight excluding hydrogens is 374 g/mol. The van der Waals surface area contributed by atoms with Crippen molar-refractivity contribution in [3.8, 4) is 5.75 Å². The predicted molar refractivity (Wildman–Crippen MR) is 120 cm³/mol. The van der Waals surface area contributed by atoms with Crippen LogP contribution in [0.3, 0.4) is 0 Å². The molecular formula is C25H29N3O2. The van der Waals surface area contributed by atoms with Gasteiger partial charge in [0.05, 0.1) is 11.9 Å². The van der Waals surface area contributed by atoms with Crippen molar-refractivity contribution in [2.75, 3.05) is 39.3 Å². The summed E-state index contributed by atoms with van der Waals surface area (Å²) >= 11 is 0. The first-order valence-corrected chi connectivity index (χ1v) is 10.6. The van der Waals surface area contributed by atoms with Crippen LogP contribution in [0.25, 0.3) is 10.9 Å². The lowest BCUT2D eigenvalue weighted by molar-refractivity contribution is -0.132. The lowest BCUT2D eigenvalue weighted by Gasteiger charge is -2.34. The molecule has 0 aliphatic carbocycles. The molecule has 1 fully saturated rings. The van der Waals surface area contributed by atoms with Crippen molar-refractivity contribution in [1.29, 1.82) is 0 Å². The summed E-state index contributed by atoms with van der Waals surface area (Å²) in [5.74, 6) is 1.10. The van der Waals surface area contributed by atoms with Crippen LogP contribution in [-0.4, -0.2) is 60.0 Å². The molecule has 4 rings (SSSR count). The fraction of sp³-hybridized carbons (Fsp3) is 0.360. The van der Waals surface area contributed by atoms with E-state index in [4.69, 9.17) is 9.72 Å². The van der Waals surface area contributed by atoms with E-state index in [1.807, 2.05) is 60.4 Å². The molecule has 2 aromatic carbocycles. The number of para-hydroxylation sites is 2. The van der Waals surface area contributed by atoms with Gasteiger partial charge in [-0.05, 0) is 43.2 Å². The largest absolute Gasteiger partial charge is 0.492 e. The summed E-state index contributed by atoms with van der Waals surface area (Å²) in [5.41, 5.74) is 4.19. The van der Waals surface area contributed by atoms with Gasteiger partial charge in [-0.2, -0.15) is 0 Å². The number of hydrogen-bond donors (Lipinski definition) is 0. The van der Waals surface area contributed by atoms with E-state index in [9.17, 15) is 4.79 Å². The number of hydrogen-bond acceptors (Lipinski definition) is 4. The standard InChI is InChI=1S/C25H29N3O2/c1-19-22-10-6-7-11-24(22)26-20(2)23(19)18-25(29)28-14-12-27(13-15-28)16-17-30-21-8-4-3-5-9-21/h3-11H,12-18H2,1-2H3. The molecule has 5 nitrogen and oxygen atoms in total. The number of ether oxygens (including phenoxy) is 1. The minimum Gasteiger partial charge on any atom is -0.492 e. The molecule has 3 aromatic rings. The Morgan fingerprint density at radius 3 is 2.43 bits per heavy atom. The van der Waals surface area contributed by atoms with Gasteiger partial charge in [-0.3, -0.25) is 14.7 Å². The summed E-state index contributed by atoms with van der Waals surface area (Å²) in [7, 11) is 0. The van der Waals surface area contributed by atoms with Crippen molar-refractivity contribution in [2.45, 2.75) is 20.3 Å². The molecule has 0 N–H and O–H groups in total. The Morgan fingerprint density at radius 1 is 0.967 bits per heavy atom. The van der Waals surface area contributed by atoms with E-state index < -0.39 is 0 Å². The van der Waals surface area contributed by atoms with Crippen molar-refractivity contribution >= 4 is 16.8 Å². The predicted octanol–water partition coefficient (Wildman–Crippen LogP) is 3.62. The maximum atomic E-state index is 13.0. The molecule has 0 spiro atoms. The lowest BCUT2D eigenvalue weighted by Crippen LogP contribution is -2.50. The van der Waals surface area contributed by atoms with Gasteiger partial charge >= 0.3 is 0 Å². The molecule has 0 unspecified atom stereocenters. The highest BCUT2D eigenvalue weighted by atomic mass is 16.5. The first-order chi connectivity index (χ1) is 14.6. The first kappa shape index (κ1) is 20.4. The zero-order valence-corrected chi connectivity index (χ0v) is 17.8. The zero-order chi connectivity index (χ0) is 20.9. The van der Waals surface area contributed by atoms with Crippen molar-refractivity contribution in [2.24, 2.45) is 0 Å². The third-order valence-electron chi connectivity index (χ3n) is 5.96. The summed E-state index contributed by atoms with van der Waals surface area (Å²) in [6.07, 6.45) is 0.423. The Labute approximate surface area is 178 Å². The van der Waals surface area contributed by atoms with Gasteiger partial charge in [0, 0.05) is 43.8 Å². The van der Waals surface area contributed by atoms with E-state index in [0.29, 0.717) is 13.0 Å². The summed E-state index contributed by atoms with van der Waals surface area (Å²) in [6, 6.07) is 18.0. The van der Waals surface area contributed by atoms with Crippen LogP contribution < -0.4 is 4.74 Å². The molecule has 156 valence electrons. The van der Waals surface area contributed by atoms with Gasteiger partial charge in [-0.25, -0.2) is 0 Å². The molecule has 30 heavy (non-hydrogen) atoms. The monoisotopic (exact) mass is 403 g/mol. The fourth-order valence-corrected chi connectivity index (χ4v) is 4.12. The Bertz CT molecular complexity index is 1010. The van der Waals surface area contributed by atoms with Crippen molar-refractivity contribution < 1.29 is 9.53 Å². The van der Waals surface area contributed by atoms with Crippen molar-refractivity contribution in [3.63, 3.8) is 0 Å². The Balaban J connectivity index is 1.30. The number of fused-ring (bicyclic) bond motifs is 1. The molecule has 0 radical (unpaired) electrons. The van der Waals surface area contributed by atoms with Crippen molar-refractivity contribution in [1.82, 2.24) is 14.8 Å². The average molecular weight is 404 g/mol. The number of carbonyl (C=O) groups is 1. The summed E-state index contributed by atoms with van der Waals surface area (Å²) in [5, 5.41) is 1.13. The normalized spacial score (nSPS) is 14.8. The smallest absolute Gasteiger partial charge is 0.227 e. The number of amides is 1. The SMILES string of the molecule is Cc1nc2ccccc2c(C)c1CC(=O)N1CCN(CCOc2ccccc2)CC1. The highest BCUT2D eigenvalue weighted by molar-refractivity contribution is 5.86. The van der Waals surface area contributed by atoms with E-state index >= 15 is 0 Å². The number of nitrogens with zero attached hydrogens (tertiary/aromatic N) is 3. The van der Waals surface area contributed by atoms with Crippen LogP contribution in [0.15, 0.2) is 54.6 Å². The van der Waals surface area contributed by atoms with E-state index in [-0.39, 0.29) is 5.91 Å². The summed E-state index contributed by atoms with van der Waals surface area (Å²) < 4.78 is 5.79. The number of pyridine rings is 1. The molecule has 1 aliphatic rings. The molecule has 0 saturated carbocycles. The van der Waals surface area contributed by atoms with Crippen LogP contribution in [0, 0.1) is 13.8 Å². The van der Waals surface area contributed by atoms with Crippen LogP contribution in [0.1, 0.15) is 16.8 Å². The molecule has 2 heterocycles. The number of aromatic nitrogens is 1. The van der Waals surface area contributed by atoms with Gasteiger partial charge in [0.25, 0.3) is 0 Å². The number of piperazine rings is 1. The second kappa shape index (κ2) is 9.26. The van der Waals surface area contributed by atoms with Gasteiger partial charge in [0.15, 0.2) is 0 Å². The van der Waals surface area contributed by atoms with Crippen LogP contribution >= 0.6 is 0 Å². The molecule has 1 aliphatic heterocycles. The molecule has 1 saturated heterocycles. The van der Waals surface area contributed by atoms with Crippen LogP contribution in [0.4, 0.5) is 0 Å².